The molecule has 0 aliphatic rings. The average molecular weight is 366 g/mol. The fraction of sp³-hybridized carbons (Fsp3) is 0.235. The molecule has 26 heavy (non-hydrogen) atoms. The molecule has 0 atom stereocenters. The Bertz CT molecular complexity index is 812. The van der Waals surface area contributed by atoms with Gasteiger partial charge in [0.2, 0.25) is 0 Å². The van der Waals surface area contributed by atoms with Crippen LogP contribution in [0, 0.1) is 10.1 Å². The first-order valence-corrected chi connectivity index (χ1v) is 7.49. The van der Waals surface area contributed by atoms with Crippen molar-refractivity contribution in [1.82, 2.24) is 0 Å². The number of nitro benzene ring substituents is 1. The van der Waals surface area contributed by atoms with Crippen LogP contribution < -0.4 is 9.47 Å². The summed E-state index contributed by atoms with van der Waals surface area (Å²) in [4.78, 5) is 14.3. The van der Waals surface area contributed by atoms with Crippen LogP contribution in [0.3, 0.4) is 0 Å². The van der Waals surface area contributed by atoms with Gasteiger partial charge in [0.15, 0.2) is 11.5 Å². The Morgan fingerprint density at radius 3 is 2.69 bits per heavy atom. The Hall–Kier alpha value is -3.23. The first kappa shape index (κ1) is 19.1. The summed E-state index contributed by atoms with van der Waals surface area (Å²) in [5.41, 5.74) is 0.866. The second-order valence-electron chi connectivity index (χ2n) is 5.15. The molecular weight excluding hydrogens is 350 g/mol. The zero-order chi connectivity index (χ0) is 19.1. The van der Waals surface area contributed by atoms with Crippen LogP contribution in [0.2, 0.25) is 0 Å². The molecule has 0 aliphatic carbocycles. The van der Waals surface area contributed by atoms with Crippen LogP contribution in [0.25, 0.3) is 0 Å². The Labute approximate surface area is 147 Å². The van der Waals surface area contributed by atoms with Crippen molar-refractivity contribution in [2.24, 2.45) is 4.99 Å². The number of non-ortho nitro benzene ring substituents is 1. The van der Waals surface area contributed by atoms with E-state index in [1.165, 1.54) is 37.6 Å². The van der Waals surface area contributed by atoms with Crippen LogP contribution in [-0.4, -0.2) is 36.5 Å². The van der Waals surface area contributed by atoms with E-state index >= 15 is 0 Å². The largest absolute Gasteiger partial charge is 0.507 e. The summed E-state index contributed by atoms with van der Waals surface area (Å²) in [5.74, 6) is 0.00824. The van der Waals surface area contributed by atoms with Crippen LogP contribution in [-0.2, 0) is 6.42 Å². The summed E-state index contributed by atoms with van der Waals surface area (Å²) < 4.78 is 34.0. The Balaban J connectivity index is 2.02. The molecule has 9 heteroatoms. The Morgan fingerprint density at radius 2 is 2.04 bits per heavy atom. The number of nitrogens with zero attached hydrogens (tertiary/aromatic N) is 2. The van der Waals surface area contributed by atoms with E-state index in [4.69, 9.17) is 4.74 Å². The van der Waals surface area contributed by atoms with Crippen LogP contribution in [0.1, 0.15) is 11.1 Å². The molecule has 0 heterocycles. The molecule has 0 saturated carbocycles. The summed E-state index contributed by atoms with van der Waals surface area (Å²) in [5, 5.41) is 20.4. The lowest BCUT2D eigenvalue weighted by atomic mass is 10.1. The lowest BCUT2D eigenvalue weighted by molar-refractivity contribution is -0.384. The molecule has 0 bridgehead atoms. The van der Waals surface area contributed by atoms with Gasteiger partial charge >= 0.3 is 6.61 Å². The molecule has 0 fully saturated rings. The molecule has 2 rings (SSSR count). The molecule has 2 aromatic rings. The Morgan fingerprint density at radius 1 is 1.27 bits per heavy atom. The summed E-state index contributed by atoms with van der Waals surface area (Å²) in [6, 6.07) is 8.21. The van der Waals surface area contributed by atoms with E-state index in [1.54, 1.807) is 12.1 Å². The van der Waals surface area contributed by atoms with Crippen LogP contribution >= 0.6 is 0 Å². The number of methoxy groups -OCH3 is 1. The zero-order valence-electron chi connectivity index (χ0n) is 13.8. The molecule has 0 saturated heterocycles. The van der Waals surface area contributed by atoms with Gasteiger partial charge in [-0.25, -0.2) is 0 Å². The van der Waals surface area contributed by atoms with Crippen molar-refractivity contribution in [3.8, 4) is 17.2 Å². The minimum absolute atomic E-state index is 0.0590. The lowest BCUT2D eigenvalue weighted by Crippen LogP contribution is -2.04. The predicted molar refractivity (Wildman–Crippen MR) is 90.6 cm³/mol. The minimum atomic E-state index is -2.94. The standard InChI is InChI=1S/C17H16F2N2O5/c1-25-16-8-11(2-5-15(16)26-17(18)19)6-7-20-10-12-9-13(21(23)24)3-4-14(12)22/h2-5,8-10,17,22H,6-7H2,1H3. The van der Waals surface area contributed by atoms with Gasteiger partial charge in [0.1, 0.15) is 5.75 Å². The highest BCUT2D eigenvalue weighted by atomic mass is 19.3. The zero-order valence-corrected chi connectivity index (χ0v) is 13.8. The second kappa shape index (κ2) is 8.75. The fourth-order valence-electron chi connectivity index (χ4n) is 2.18. The number of aliphatic imine (C=N–C) groups is 1. The van der Waals surface area contributed by atoms with E-state index < -0.39 is 11.5 Å². The molecule has 0 radical (unpaired) electrons. The summed E-state index contributed by atoms with van der Waals surface area (Å²) in [6.07, 6.45) is 1.81. The highest BCUT2D eigenvalue weighted by Gasteiger charge is 2.11. The number of hydrogen-bond donors (Lipinski definition) is 1. The SMILES string of the molecule is COc1cc(CCN=Cc2cc([N+](=O)[O-])ccc2O)ccc1OC(F)F. The number of ether oxygens (including phenoxy) is 2. The van der Waals surface area contributed by atoms with Gasteiger partial charge in [0, 0.05) is 30.5 Å². The van der Waals surface area contributed by atoms with Gasteiger partial charge in [-0.2, -0.15) is 8.78 Å². The summed E-state index contributed by atoms with van der Waals surface area (Å²) >= 11 is 0. The van der Waals surface area contributed by atoms with Gasteiger partial charge in [-0.15, -0.1) is 0 Å². The van der Waals surface area contributed by atoms with Gasteiger partial charge in [0.05, 0.1) is 12.0 Å². The van der Waals surface area contributed by atoms with Crippen molar-refractivity contribution in [1.29, 1.82) is 0 Å². The molecule has 0 unspecified atom stereocenters. The molecule has 0 spiro atoms. The molecular formula is C17H16F2N2O5. The van der Waals surface area contributed by atoms with Crippen molar-refractivity contribution in [3.63, 3.8) is 0 Å². The van der Waals surface area contributed by atoms with E-state index in [9.17, 15) is 24.0 Å². The number of halogens is 2. The normalized spacial score (nSPS) is 11.1. The van der Waals surface area contributed by atoms with Crippen LogP contribution in [0.5, 0.6) is 17.2 Å². The quantitative estimate of drug-likeness (QED) is 0.438. The third kappa shape index (κ3) is 5.13. The van der Waals surface area contributed by atoms with Crippen molar-refractivity contribution in [2.45, 2.75) is 13.0 Å². The number of rotatable bonds is 8. The maximum absolute atomic E-state index is 12.3. The molecule has 2 aromatic carbocycles. The molecule has 0 aromatic heterocycles. The topological polar surface area (TPSA) is 94.2 Å². The monoisotopic (exact) mass is 366 g/mol. The highest BCUT2D eigenvalue weighted by molar-refractivity contribution is 5.84. The van der Waals surface area contributed by atoms with Gasteiger partial charge in [-0.05, 0) is 30.2 Å². The number of phenols is 1. The molecule has 138 valence electrons. The van der Waals surface area contributed by atoms with Crippen molar-refractivity contribution in [3.05, 3.63) is 57.6 Å². The fourth-order valence-corrected chi connectivity index (χ4v) is 2.18. The van der Waals surface area contributed by atoms with E-state index in [0.717, 1.165) is 5.56 Å². The second-order valence-corrected chi connectivity index (χ2v) is 5.15. The number of nitro groups is 1. The third-order valence-electron chi connectivity index (χ3n) is 3.43. The third-order valence-corrected chi connectivity index (χ3v) is 3.43. The van der Waals surface area contributed by atoms with Gasteiger partial charge < -0.3 is 14.6 Å². The number of benzene rings is 2. The molecule has 0 amide bonds. The Kier molecular flexibility index (Phi) is 6.42. The number of alkyl halides is 2. The maximum atomic E-state index is 12.3. The van der Waals surface area contributed by atoms with Gasteiger partial charge in [0.25, 0.3) is 5.69 Å². The van der Waals surface area contributed by atoms with Crippen LogP contribution in [0.4, 0.5) is 14.5 Å². The van der Waals surface area contributed by atoms with Crippen molar-refractivity contribution >= 4 is 11.9 Å². The first-order valence-electron chi connectivity index (χ1n) is 7.49. The highest BCUT2D eigenvalue weighted by Crippen LogP contribution is 2.29. The predicted octanol–water partition coefficient (Wildman–Crippen LogP) is 3.57. The molecule has 7 nitrogen and oxygen atoms in total. The average Bonchev–Trinajstić information content (AvgIpc) is 2.60. The van der Waals surface area contributed by atoms with Gasteiger partial charge in [-0.3, -0.25) is 15.1 Å². The summed E-state index contributed by atoms with van der Waals surface area (Å²) in [7, 11) is 1.35. The van der Waals surface area contributed by atoms with Crippen molar-refractivity contribution < 1.29 is 28.3 Å². The number of hydrogen-bond acceptors (Lipinski definition) is 6. The first-order chi connectivity index (χ1) is 12.4. The van der Waals surface area contributed by atoms with Crippen LogP contribution in [0.15, 0.2) is 41.4 Å². The number of aromatic hydroxyl groups is 1. The van der Waals surface area contributed by atoms with E-state index in [1.807, 2.05) is 0 Å². The van der Waals surface area contributed by atoms with E-state index in [-0.39, 0.29) is 28.5 Å². The summed E-state index contributed by atoms with van der Waals surface area (Å²) in [6.45, 7) is -2.62. The van der Waals surface area contributed by atoms with Gasteiger partial charge in [-0.1, -0.05) is 6.07 Å². The number of phenolic OH excluding ortho intramolecular Hbond substituents is 1. The van der Waals surface area contributed by atoms with E-state index in [2.05, 4.69) is 9.73 Å². The molecule has 1 N–H and O–H groups in total. The maximum Gasteiger partial charge on any atom is 0.387 e. The lowest BCUT2D eigenvalue weighted by Gasteiger charge is -2.11. The van der Waals surface area contributed by atoms with E-state index in [0.29, 0.717) is 13.0 Å². The smallest absolute Gasteiger partial charge is 0.387 e. The van der Waals surface area contributed by atoms with Crippen molar-refractivity contribution in [2.75, 3.05) is 13.7 Å². The minimum Gasteiger partial charge on any atom is -0.507 e. The molecule has 0 aliphatic heterocycles.